The molecule has 0 unspecified atom stereocenters. The van der Waals surface area contributed by atoms with Gasteiger partial charge in [0.15, 0.2) is 0 Å². The van der Waals surface area contributed by atoms with Gasteiger partial charge in [0, 0.05) is 25.0 Å². The van der Waals surface area contributed by atoms with Crippen LogP contribution in [0.2, 0.25) is 0 Å². The van der Waals surface area contributed by atoms with E-state index in [1.807, 2.05) is 16.9 Å². The number of halogens is 1. The fourth-order valence-corrected chi connectivity index (χ4v) is 1.63. The maximum atomic E-state index is 5.59. The van der Waals surface area contributed by atoms with Crippen molar-refractivity contribution in [1.82, 2.24) is 19.7 Å². The minimum Gasteiger partial charge on any atom is -0.383 e. The third-order valence-electron chi connectivity index (χ3n) is 1.90. The van der Waals surface area contributed by atoms with Gasteiger partial charge in [-0.2, -0.15) is 10.1 Å². The Labute approximate surface area is 101 Å². The SMILES string of the molecule is Nc1cc(Br)nc(NCCn2cccn2)n1. The van der Waals surface area contributed by atoms with Crippen molar-refractivity contribution < 1.29 is 0 Å². The smallest absolute Gasteiger partial charge is 0.225 e. The average Bonchev–Trinajstić information content (AvgIpc) is 2.69. The lowest BCUT2D eigenvalue weighted by atomic mass is 10.6. The largest absolute Gasteiger partial charge is 0.383 e. The molecule has 0 aromatic carbocycles. The second-order valence-corrected chi connectivity index (χ2v) is 3.95. The Morgan fingerprint density at radius 2 is 2.31 bits per heavy atom. The number of nitrogens with zero attached hydrogens (tertiary/aromatic N) is 4. The van der Waals surface area contributed by atoms with E-state index in [2.05, 4.69) is 36.3 Å². The highest BCUT2D eigenvalue weighted by molar-refractivity contribution is 9.10. The number of nitrogens with one attached hydrogen (secondary N) is 1. The van der Waals surface area contributed by atoms with Gasteiger partial charge >= 0.3 is 0 Å². The molecule has 0 spiro atoms. The monoisotopic (exact) mass is 282 g/mol. The lowest BCUT2D eigenvalue weighted by Crippen LogP contribution is -2.13. The fraction of sp³-hybridized carbons (Fsp3) is 0.222. The van der Waals surface area contributed by atoms with Gasteiger partial charge in [-0.3, -0.25) is 4.68 Å². The number of hydrogen-bond donors (Lipinski definition) is 2. The minimum atomic E-state index is 0.434. The molecule has 2 aromatic rings. The van der Waals surface area contributed by atoms with E-state index >= 15 is 0 Å². The molecular weight excluding hydrogens is 272 g/mol. The van der Waals surface area contributed by atoms with Crippen molar-refractivity contribution in [3.8, 4) is 0 Å². The molecule has 0 atom stereocenters. The molecule has 0 aliphatic rings. The Morgan fingerprint density at radius 3 is 3.00 bits per heavy atom. The molecule has 2 heterocycles. The molecule has 2 rings (SSSR count). The highest BCUT2D eigenvalue weighted by Gasteiger charge is 1.99. The lowest BCUT2D eigenvalue weighted by Gasteiger charge is -2.05. The Morgan fingerprint density at radius 1 is 1.44 bits per heavy atom. The molecule has 0 radical (unpaired) electrons. The summed E-state index contributed by atoms with van der Waals surface area (Å²) in [6.07, 6.45) is 3.64. The number of nitrogens with two attached hydrogens (primary N) is 1. The van der Waals surface area contributed by atoms with Crippen LogP contribution in [0.3, 0.4) is 0 Å². The highest BCUT2D eigenvalue weighted by atomic mass is 79.9. The van der Waals surface area contributed by atoms with Crippen LogP contribution in [0, 0.1) is 0 Å². The maximum absolute atomic E-state index is 5.59. The normalized spacial score (nSPS) is 10.3. The summed E-state index contributed by atoms with van der Waals surface area (Å²) >= 11 is 3.25. The molecule has 0 aliphatic heterocycles. The van der Waals surface area contributed by atoms with Gasteiger partial charge in [0.25, 0.3) is 0 Å². The molecule has 7 heteroatoms. The van der Waals surface area contributed by atoms with Gasteiger partial charge in [-0.25, -0.2) is 4.98 Å². The van der Waals surface area contributed by atoms with Gasteiger partial charge in [0.2, 0.25) is 5.95 Å². The lowest BCUT2D eigenvalue weighted by molar-refractivity contribution is 0.636. The average molecular weight is 283 g/mol. The van der Waals surface area contributed by atoms with Crippen LogP contribution in [0.1, 0.15) is 0 Å². The topological polar surface area (TPSA) is 81.6 Å². The zero-order chi connectivity index (χ0) is 11.4. The fourth-order valence-electron chi connectivity index (χ4n) is 1.23. The van der Waals surface area contributed by atoms with Crippen molar-refractivity contribution in [1.29, 1.82) is 0 Å². The van der Waals surface area contributed by atoms with Crippen LogP contribution < -0.4 is 11.1 Å². The van der Waals surface area contributed by atoms with E-state index in [0.717, 1.165) is 6.54 Å². The zero-order valence-electron chi connectivity index (χ0n) is 8.47. The Hall–Kier alpha value is -1.63. The Kier molecular flexibility index (Phi) is 3.35. The molecule has 0 bridgehead atoms. The van der Waals surface area contributed by atoms with Gasteiger partial charge < -0.3 is 11.1 Å². The van der Waals surface area contributed by atoms with E-state index in [4.69, 9.17) is 5.73 Å². The van der Waals surface area contributed by atoms with Crippen LogP contribution in [0.15, 0.2) is 29.1 Å². The molecule has 0 amide bonds. The van der Waals surface area contributed by atoms with Crippen LogP contribution in [0.25, 0.3) is 0 Å². The number of aromatic nitrogens is 4. The van der Waals surface area contributed by atoms with E-state index < -0.39 is 0 Å². The van der Waals surface area contributed by atoms with Gasteiger partial charge in [-0.1, -0.05) is 0 Å². The van der Waals surface area contributed by atoms with Gasteiger partial charge in [0.05, 0.1) is 6.54 Å². The minimum absolute atomic E-state index is 0.434. The molecule has 84 valence electrons. The van der Waals surface area contributed by atoms with E-state index in [1.165, 1.54) is 0 Å². The van der Waals surface area contributed by atoms with Crippen LogP contribution >= 0.6 is 15.9 Å². The summed E-state index contributed by atoms with van der Waals surface area (Å²) in [6, 6.07) is 3.53. The highest BCUT2D eigenvalue weighted by Crippen LogP contribution is 2.11. The number of hydrogen-bond acceptors (Lipinski definition) is 5. The predicted molar refractivity (Wildman–Crippen MR) is 64.9 cm³/mol. The first-order chi connectivity index (χ1) is 7.74. The Balaban J connectivity index is 1.89. The first-order valence-electron chi connectivity index (χ1n) is 4.75. The summed E-state index contributed by atoms with van der Waals surface area (Å²) in [6.45, 7) is 1.44. The third kappa shape index (κ3) is 2.93. The molecule has 0 fully saturated rings. The van der Waals surface area contributed by atoms with Crippen molar-refractivity contribution in [3.63, 3.8) is 0 Å². The molecular formula is C9H11BrN6. The van der Waals surface area contributed by atoms with Gasteiger partial charge in [0.1, 0.15) is 10.4 Å². The van der Waals surface area contributed by atoms with Crippen molar-refractivity contribution in [2.24, 2.45) is 0 Å². The van der Waals surface area contributed by atoms with Crippen molar-refractivity contribution in [3.05, 3.63) is 29.1 Å². The summed E-state index contributed by atoms with van der Waals surface area (Å²) in [5.74, 6) is 0.947. The molecule has 6 nitrogen and oxygen atoms in total. The summed E-state index contributed by atoms with van der Waals surface area (Å²) < 4.78 is 2.50. The predicted octanol–water partition coefficient (Wildman–Crippen LogP) is 1.13. The molecule has 2 aromatic heterocycles. The second kappa shape index (κ2) is 4.93. The first kappa shape index (κ1) is 10.9. The third-order valence-corrected chi connectivity index (χ3v) is 2.30. The summed E-state index contributed by atoms with van der Waals surface area (Å²) in [7, 11) is 0. The van der Waals surface area contributed by atoms with E-state index in [0.29, 0.717) is 22.9 Å². The van der Waals surface area contributed by atoms with Crippen LogP contribution in [0.4, 0.5) is 11.8 Å². The van der Waals surface area contributed by atoms with Gasteiger partial charge in [-0.15, -0.1) is 0 Å². The molecule has 0 saturated heterocycles. The van der Waals surface area contributed by atoms with Crippen LogP contribution in [-0.4, -0.2) is 26.3 Å². The number of rotatable bonds is 4. The molecule has 0 aliphatic carbocycles. The van der Waals surface area contributed by atoms with E-state index in [1.54, 1.807) is 12.3 Å². The van der Waals surface area contributed by atoms with Crippen molar-refractivity contribution in [2.45, 2.75) is 6.54 Å². The quantitative estimate of drug-likeness (QED) is 0.822. The van der Waals surface area contributed by atoms with Crippen LogP contribution in [-0.2, 0) is 6.54 Å². The summed E-state index contributed by atoms with van der Waals surface area (Å²) in [4.78, 5) is 8.19. The number of nitrogen functional groups attached to an aromatic ring is 1. The summed E-state index contributed by atoms with van der Waals surface area (Å²) in [5, 5.41) is 7.16. The number of anilines is 2. The maximum Gasteiger partial charge on any atom is 0.225 e. The molecule has 16 heavy (non-hydrogen) atoms. The summed E-state index contributed by atoms with van der Waals surface area (Å²) in [5.41, 5.74) is 5.59. The van der Waals surface area contributed by atoms with E-state index in [-0.39, 0.29) is 0 Å². The first-order valence-corrected chi connectivity index (χ1v) is 5.55. The van der Waals surface area contributed by atoms with E-state index in [9.17, 15) is 0 Å². The Bertz CT molecular complexity index is 435. The van der Waals surface area contributed by atoms with Gasteiger partial charge in [-0.05, 0) is 22.0 Å². The van der Waals surface area contributed by atoms with Crippen molar-refractivity contribution >= 4 is 27.7 Å². The molecule has 0 saturated carbocycles. The molecule has 3 N–H and O–H groups in total. The zero-order valence-corrected chi connectivity index (χ0v) is 10.1. The second-order valence-electron chi connectivity index (χ2n) is 3.14. The van der Waals surface area contributed by atoms with Crippen molar-refractivity contribution in [2.75, 3.05) is 17.6 Å². The standard InChI is InChI=1S/C9H11BrN6/c10-7-6-8(11)15-9(14-7)12-3-5-16-4-1-2-13-16/h1-2,4,6H,3,5H2,(H3,11,12,14,15). The van der Waals surface area contributed by atoms with Crippen LogP contribution in [0.5, 0.6) is 0 Å².